The lowest BCUT2D eigenvalue weighted by Gasteiger charge is -2.11. The summed E-state index contributed by atoms with van der Waals surface area (Å²) in [6.07, 6.45) is 0. The molecule has 0 radical (unpaired) electrons. The highest BCUT2D eigenvalue weighted by molar-refractivity contribution is 6.01. The van der Waals surface area contributed by atoms with Crippen molar-refractivity contribution in [3.8, 4) is 17.2 Å². The molecule has 5 heteroatoms. The first-order chi connectivity index (χ1) is 7.15. The lowest BCUT2D eigenvalue weighted by molar-refractivity contribution is 0.0998. The van der Waals surface area contributed by atoms with Crippen molar-refractivity contribution in [3.05, 3.63) is 17.7 Å². The molecule has 0 atom stereocenters. The molecule has 0 saturated carbocycles. The van der Waals surface area contributed by atoms with Crippen LogP contribution in [-0.4, -0.2) is 31.7 Å². The fourth-order valence-electron chi connectivity index (χ4n) is 1.25. The summed E-state index contributed by atoms with van der Waals surface area (Å²) in [5.74, 6) is -0.0962. The van der Waals surface area contributed by atoms with Gasteiger partial charge in [-0.3, -0.25) is 4.79 Å². The van der Waals surface area contributed by atoms with E-state index in [4.69, 9.17) is 15.2 Å². The Balaban J connectivity index is 3.29. The molecule has 0 unspecified atom stereocenters. The Bertz CT molecular complexity index is 376. The number of ether oxygens (including phenoxy) is 2. The maximum atomic E-state index is 11.3. The second kappa shape index (κ2) is 4.65. The molecule has 1 aromatic carbocycles. The number of Topliss-reactive ketones (excluding diaryl/α,β-unsaturated/α-hetero) is 1. The van der Waals surface area contributed by atoms with Gasteiger partial charge in [0.1, 0.15) is 0 Å². The molecule has 0 aromatic heterocycles. The van der Waals surface area contributed by atoms with Gasteiger partial charge in [-0.2, -0.15) is 0 Å². The van der Waals surface area contributed by atoms with Crippen molar-refractivity contribution in [3.63, 3.8) is 0 Å². The van der Waals surface area contributed by atoms with Crippen LogP contribution in [-0.2, 0) is 0 Å². The number of rotatable bonds is 4. The second-order valence-corrected chi connectivity index (χ2v) is 2.82. The van der Waals surface area contributed by atoms with E-state index < -0.39 is 0 Å². The number of methoxy groups -OCH3 is 2. The molecular formula is C10H13NO4. The number of aromatic hydroxyl groups is 1. The molecule has 0 bridgehead atoms. The summed E-state index contributed by atoms with van der Waals surface area (Å²) < 4.78 is 9.89. The van der Waals surface area contributed by atoms with E-state index in [1.54, 1.807) is 6.07 Å². The highest BCUT2D eigenvalue weighted by atomic mass is 16.5. The molecule has 0 aliphatic rings. The summed E-state index contributed by atoms with van der Waals surface area (Å²) >= 11 is 0. The predicted octanol–water partition coefficient (Wildman–Crippen LogP) is 0.551. The number of carbonyl (C=O) groups excluding carboxylic acids is 1. The van der Waals surface area contributed by atoms with Crippen molar-refractivity contribution in [2.45, 2.75) is 0 Å². The molecule has 3 N–H and O–H groups in total. The lowest BCUT2D eigenvalue weighted by atomic mass is 10.1. The van der Waals surface area contributed by atoms with Gasteiger partial charge in [-0.15, -0.1) is 0 Å². The summed E-state index contributed by atoms with van der Waals surface area (Å²) in [6.45, 7) is -0.164. The number of ketones is 1. The SMILES string of the molecule is COc1ccc(C(=O)CN)c(O)c1OC. The van der Waals surface area contributed by atoms with Crippen molar-refractivity contribution in [1.82, 2.24) is 0 Å². The molecule has 0 spiro atoms. The van der Waals surface area contributed by atoms with Crippen molar-refractivity contribution >= 4 is 5.78 Å². The summed E-state index contributed by atoms with van der Waals surface area (Å²) in [7, 11) is 2.83. The Morgan fingerprint density at radius 2 is 2.07 bits per heavy atom. The van der Waals surface area contributed by atoms with Crippen LogP contribution in [0.3, 0.4) is 0 Å². The predicted molar refractivity (Wildman–Crippen MR) is 54.6 cm³/mol. The third kappa shape index (κ3) is 2.02. The van der Waals surface area contributed by atoms with Gasteiger partial charge in [0.05, 0.1) is 26.3 Å². The van der Waals surface area contributed by atoms with E-state index in [-0.39, 0.29) is 29.4 Å². The summed E-state index contributed by atoms with van der Waals surface area (Å²) in [5, 5.41) is 9.72. The molecular weight excluding hydrogens is 198 g/mol. The Morgan fingerprint density at radius 1 is 1.40 bits per heavy atom. The zero-order chi connectivity index (χ0) is 11.4. The van der Waals surface area contributed by atoms with Gasteiger partial charge in [-0.1, -0.05) is 0 Å². The molecule has 0 aliphatic carbocycles. The molecule has 0 saturated heterocycles. The molecule has 0 heterocycles. The topological polar surface area (TPSA) is 81.8 Å². The molecule has 1 aromatic rings. The van der Waals surface area contributed by atoms with Gasteiger partial charge in [0.15, 0.2) is 17.3 Å². The van der Waals surface area contributed by atoms with E-state index in [9.17, 15) is 9.90 Å². The summed E-state index contributed by atoms with van der Waals surface area (Å²) in [6, 6.07) is 2.99. The zero-order valence-electron chi connectivity index (χ0n) is 8.61. The third-order valence-electron chi connectivity index (χ3n) is 2.01. The van der Waals surface area contributed by atoms with Crippen molar-refractivity contribution < 1.29 is 19.4 Å². The minimum Gasteiger partial charge on any atom is -0.504 e. The van der Waals surface area contributed by atoms with Crippen LogP contribution < -0.4 is 15.2 Å². The van der Waals surface area contributed by atoms with Crippen LogP contribution in [0.15, 0.2) is 12.1 Å². The number of nitrogens with two attached hydrogens (primary N) is 1. The standard InChI is InChI=1S/C10H13NO4/c1-14-8-4-3-6(7(12)5-11)9(13)10(8)15-2/h3-4,13H,5,11H2,1-2H3. The first-order valence-electron chi connectivity index (χ1n) is 4.32. The Hall–Kier alpha value is -1.75. The fourth-order valence-corrected chi connectivity index (χ4v) is 1.25. The van der Waals surface area contributed by atoms with Crippen LogP contribution in [0.1, 0.15) is 10.4 Å². The van der Waals surface area contributed by atoms with E-state index in [0.717, 1.165) is 0 Å². The first kappa shape index (κ1) is 11.3. The van der Waals surface area contributed by atoms with Gasteiger partial charge in [0.2, 0.25) is 5.75 Å². The number of hydrogen-bond donors (Lipinski definition) is 2. The van der Waals surface area contributed by atoms with Crippen molar-refractivity contribution in [1.29, 1.82) is 0 Å². The Labute approximate surface area is 87.4 Å². The van der Waals surface area contributed by atoms with E-state index in [2.05, 4.69) is 0 Å². The van der Waals surface area contributed by atoms with Crippen LogP contribution in [0, 0.1) is 0 Å². The normalized spacial score (nSPS) is 9.80. The van der Waals surface area contributed by atoms with E-state index in [1.807, 2.05) is 0 Å². The van der Waals surface area contributed by atoms with Crippen molar-refractivity contribution in [2.75, 3.05) is 20.8 Å². The molecule has 0 fully saturated rings. The van der Waals surface area contributed by atoms with Crippen LogP contribution in [0.4, 0.5) is 0 Å². The molecule has 1 rings (SSSR count). The Kier molecular flexibility index (Phi) is 3.51. The number of carbonyl (C=O) groups is 1. The fraction of sp³-hybridized carbons (Fsp3) is 0.300. The van der Waals surface area contributed by atoms with Crippen LogP contribution >= 0.6 is 0 Å². The van der Waals surface area contributed by atoms with Gasteiger partial charge >= 0.3 is 0 Å². The van der Waals surface area contributed by atoms with Gasteiger partial charge in [0.25, 0.3) is 0 Å². The third-order valence-corrected chi connectivity index (χ3v) is 2.01. The average Bonchev–Trinajstić information content (AvgIpc) is 2.27. The van der Waals surface area contributed by atoms with Crippen molar-refractivity contribution in [2.24, 2.45) is 5.73 Å². The van der Waals surface area contributed by atoms with E-state index in [0.29, 0.717) is 5.75 Å². The lowest BCUT2D eigenvalue weighted by Crippen LogP contribution is -2.14. The smallest absolute Gasteiger partial charge is 0.203 e. The maximum absolute atomic E-state index is 11.3. The number of phenolic OH excluding ortho intramolecular Hbond substituents is 1. The zero-order valence-corrected chi connectivity index (χ0v) is 8.61. The first-order valence-corrected chi connectivity index (χ1v) is 4.32. The summed E-state index contributed by atoms with van der Waals surface area (Å²) in [4.78, 5) is 11.3. The minimum absolute atomic E-state index is 0.134. The van der Waals surface area contributed by atoms with Gasteiger partial charge in [-0.05, 0) is 12.1 Å². The van der Waals surface area contributed by atoms with Gasteiger partial charge < -0.3 is 20.3 Å². The van der Waals surface area contributed by atoms with E-state index >= 15 is 0 Å². The monoisotopic (exact) mass is 211 g/mol. The molecule has 0 aliphatic heterocycles. The summed E-state index contributed by atoms with van der Waals surface area (Å²) in [5.41, 5.74) is 5.34. The molecule has 0 amide bonds. The molecule has 82 valence electrons. The van der Waals surface area contributed by atoms with Gasteiger partial charge in [0, 0.05) is 0 Å². The number of phenols is 1. The van der Waals surface area contributed by atoms with Crippen LogP contribution in [0.25, 0.3) is 0 Å². The number of hydrogen-bond acceptors (Lipinski definition) is 5. The van der Waals surface area contributed by atoms with Crippen LogP contribution in [0.2, 0.25) is 0 Å². The highest BCUT2D eigenvalue weighted by Crippen LogP contribution is 2.38. The molecule has 5 nitrogen and oxygen atoms in total. The average molecular weight is 211 g/mol. The second-order valence-electron chi connectivity index (χ2n) is 2.82. The van der Waals surface area contributed by atoms with Crippen LogP contribution in [0.5, 0.6) is 17.2 Å². The largest absolute Gasteiger partial charge is 0.504 e. The number of benzene rings is 1. The highest BCUT2D eigenvalue weighted by Gasteiger charge is 2.17. The van der Waals surface area contributed by atoms with Gasteiger partial charge in [-0.25, -0.2) is 0 Å². The van der Waals surface area contributed by atoms with E-state index in [1.165, 1.54) is 20.3 Å². The minimum atomic E-state index is -0.353. The Morgan fingerprint density at radius 3 is 2.53 bits per heavy atom. The maximum Gasteiger partial charge on any atom is 0.203 e. The quantitative estimate of drug-likeness (QED) is 0.711. The molecule has 15 heavy (non-hydrogen) atoms.